The number of hydrogen-bond acceptors (Lipinski definition) is 4. The summed E-state index contributed by atoms with van der Waals surface area (Å²) in [5, 5.41) is 11.4. The Morgan fingerprint density at radius 2 is 1.71 bits per heavy atom. The zero-order valence-corrected chi connectivity index (χ0v) is 20.2. The molecule has 0 bridgehead atoms. The summed E-state index contributed by atoms with van der Waals surface area (Å²) in [7, 11) is 4.00. The molecule has 1 N–H and O–H groups in total. The summed E-state index contributed by atoms with van der Waals surface area (Å²) in [6.45, 7) is 11.1. The number of carbonyl (C=O) groups is 1. The summed E-state index contributed by atoms with van der Waals surface area (Å²) >= 11 is 0. The van der Waals surface area contributed by atoms with Crippen molar-refractivity contribution in [2.24, 2.45) is 11.8 Å². The maximum atomic E-state index is 12.8. The van der Waals surface area contributed by atoms with Crippen LogP contribution >= 0.6 is 0 Å². The van der Waals surface area contributed by atoms with Gasteiger partial charge in [0.05, 0.1) is 11.5 Å². The monoisotopic (exact) mass is 425 g/mol. The maximum Gasteiger partial charge on any atom is 0.318 e. The van der Waals surface area contributed by atoms with Gasteiger partial charge in [0.25, 0.3) is 0 Å². The van der Waals surface area contributed by atoms with Crippen LogP contribution in [0, 0.1) is 11.8 Å². The topological polar surface area (TPSA) is 49.8 Å². The first-order chi connectivity index (χ1) is 14.6. The molecule has 0 spiro atoms. The van der Waals surface area contributed by atoms with Crippen LogP contribution in [-0.4, -0.2) is 36.6 Å². The van der Waals surface area contributed by atoms with Gasteiger partial charge in [-0.15, -0.1) is 0 Å². The second-order valence-electron chi connectivity index (χ2n) is 9.45. The van der Waals surface area contributed by atoms with E-state index in [0.717, 1.165) is 24.1 Å². The van der Waals surface area contributed by atoms with Crippen LogP contribution in [0.2, 0.25) is 0 Å². The molecule has 2 aromatic carbocycles. The molecular weight excluding hydrogens is 386 g/mol. The summed E-state index contributed by atoms with van der Waals surface area (Å²) in [6, 6.07) is 15.5. The summed E-state index contributed by atoms with van der Waals surface area (Å²) in [5.74, 6) is 0.434. The van der Waals surface area contributed by atoms with Crippen LogP contribution in [0.4, 0.5) is 0 Å². The maximum absolute atomic E-state index is 12.8. The zero-order chi connectivity index (χ0) is 23.2. The van der Waals surface area contributed by atoms with Crippen molar-refractivity contribution in [3.05, 3.63) is 65.2 Å². The highest BCUT2D eigenvalue weighted by Gasteiger charge is 2.34. The third kappa shape index (κ3) is 6.65. The number of carbonyl (C=O) groups excluding carboxylic acids is 1. The van der Waals surface area contributed by atoms with Crippen LogP contribution in [-0.2, 0) is 16.8 Å². The van der Waals surface area contributed by atoms with E-state index in [9.17, 15) is 9.90 Å². The third-order valence-electron chi connectivity index (χ3n) is 6.02. The fourth-order valence-corrected chi connectivity index (χ4v) is 4.12. The van der Waals surface area contributed by atoms with E-state index in [1.54, 1.807) is 12.1 Å². The van der Waals surface area contributed by atoms with Gasteiger partial charge in [0.1, 0.15) is 5.75 Å². The summed E-state index contributed by atoms with van der Waals surface area (Å²) in [4.78, 5) is 14.9. The second-order valence-corrected chi connectivity index (χ2v) is 9.45. The minimum absolute atomic E-state index is 0.0294. The third-order valence-corrected chi connectivity index (χ3v) is 6.02. The molecule has 1 unspecified atom stereocenters. The molecule has 2 rings (SSSR count). The minimum atomic E-state index is -0.982. The van der Waals surface area contributed by atoms with Crippen LogP contribution in [0.15, 0.2) is 48.5 Å². The predicted octanol–water partition coefficient (Wildman–Crippen LogP) is 5.39. The number of rotatable bonds is 10. The van der Waals surface area contributed by atoms with Crippen LogP contribution in [0.3, 0.4) is 0 Å². The van der Waals surface area contributed by atoms with Gasteiger partial charge in [0.15, 0.2) is 0 Å². The minimum Gasteiger partial charge on any atom is -0.426 e. The Morgan fingerprint density at radius 1 is 1.06 bits per heavy atom. The lowest BCUT2D eigenvalue weighted by atomic mass is 9.80. The number of esters is 1. The van der Waals surface area contributed by atoms with Crippen molar-refractivity contribution in [1.29, 1.82) is 0 Å². The molecule has 0 aliphatic carbocycles. The van der Waals surface area contributed by atoms with Gasteiger partial charge in [-0.05, 0) is 68.6 Å². The molecule has 0 fully saturated rings. The summed E-state index contributed by atoms with van der Waals surface area (Å²) in [5.41, 5.74) is 2.02. The normalized spacial score (nSPS) is 15.5. The van der Waals surface area contributed by atoms with Crippen molar-refractivity contribution in [2.45, 2.75) is 59.0 Å². The Bertz CT molecular complexity index is 844. The highest BCUT2D eigenvalue weighted by Crippen LogP contribution is 2.35. The van der Waals surface area contributed by atoms with Crippen LogP contribution in [0.5, 0.6) is 5.75 Å². The highest BCUT2D eigenvalue weighted by molar-refractivity contribution is 5.80. The fourth-order valence-electron chi connectivity index (χ4n) is 4.12. The Hall–Kier alpha value is -2.17. The van der Waals surface area contributed by atoms with Gasteiger partial charge in [-0.25, -0.2) is 0 Å². The van der Waals surface area contributed by atoms with Crippen LogP contribution < -0.4 is 4.74 Å². The van der Waals surface area contributed by atoms with Gasteiger partial charge in [-0.2, -0.15) is 0 Å². The molecule has 0 aliphatic rings. The van der Waals surface area contributed by atoms with Gasteiger partial charge >= 0.3 is 5.97 Å². The number of ether oxygens (including phenoxy) is 1. The Balaban J connectivity index is 2.15. The zero-order valence-electron chi connectivity index (χ0n) is 20.2. The molecular formula is C27H39NO3. The second kappa shape index (κ2) is 10.9. The van der Waals surface area contributed by atoms with Gasteiger partial charge in [-0.1, -0.05) is 64.1 Å². The molecule has 0 saturated carbocycles. The molecule has 0 aromatic heterocycles. The molecule has 4 nitrogen and oxygen atoms in total. The lowest BCUT2D eigenvalue weighted by Crippen LogP contribution is -2.38. The van der Waals surface area contributed by atoms with Gasteiger partial charge in [-0.3, -0.25) is 4.79 Å². The van der Waals surface area contributed by atoms with Gasteiger partial charge < -0.3 is 14.7 Å². The van der Waals surface area contributed by atoms with E-state index < -0.39 is 5.60 Å². The Kier molecular flexibility index (Phi) is 8.84. The molecule has 2 aromatic rings. The van der Waals surface area contributed by atoms with Crippen LogP contribution in [0.25, 0.3) is 0 Å². The molecule has 0 amide bonds. The molecule has 170 valence electrons. The molecule has 4 heteroatoms. The fraction of sp³-hybridized carbons (Fsp3) is 0.519. The largest absolute Gasteiger partial charge is 0.426 e. The molecule has 0 radical (unpaired) electrons. The lowest BCUT2D eigenvalue weighted by molar-refractivity contribution is -0.135. The summed E-state index contributed by atoms with van der Waals surface area (Å²) in [6.07, 6.45) is 1.61. The Morgan fingerprint density at radius 3 is 2.26 bits per heavy atom. The van der Waals surface area contributed by atoms with E-state index in [1.807, 2.05) is 59.1 Å². The average Bonchev–Trinajstić information content (AvgIpc) is 2.72. The lowest BCUT2D eigenvalue weighted by Gasteiger charge is -2.35. The molecule has 0 aliphatic heterocycles. The SMILES string of the molecule is CC[C@](O)(c1cccc(OC(=O)C(C)c2ccc(CC(C)C)cc2)c1)[C@H](C)CN(C)C. The van der Waals surface area contributed by atoms with Crippen molar-refractivity contribution in [3.8, 4) is 5.75 Å². The molecule has 0 heterocycles. The van der Waals surface area contributed by atoms with Gasteiger partial charge in [0, 0.05) is 12.5 Å². The van der Waals surface area contributed by atoms with Crippen LogP contribution in [0.1, 0.15) is 63.6 Å². The Labute approximate surface area is 188 Å². The predicted molar refractivity (Wildman–Crippen MR) is 127 cm³/mol. The van der Waals surface area contributed by atoms with E-state index in [-0.39, 0.29) is 17.8 Å². The van der Waals surface area contributed by atoms with Crippen molar-refractivity contribution < 1.29 is 14.6 Å². The number of hydrogen-bond donors (Lipinski definition) is 1. The number of aliphatic hydroxyl groups is 1. The highest BCUT2D eigenvalue weighted by atomic mass is 16.5. The molecule has 0 saturated heterocycles. The van der Waals surface area contributed by atoms with E-state index in [4.69, 9.17) is 4.74 Å². The van der Waals surface area contributed by atoms with Gasteiger partial charge in [0.2, 0.25) is 0 Å². The summed E-state index contributed by atoms with van der Waals surface area (Å²) < 4.78 is 5.71. The van der Waals surface area contributed by atoms with Crippen molar-refractivity contribution in [3.63, 3.8) is 0 Å². The number of benzene rings is 2. The van der Waals surface area contributed by atoms with E-state index in [2.05, 4.69) is 30.9 Å². The van der Waals surface area contributed by atoms with E-state index in [1.165, 1.54) is 5.56 Å². The van der Waals surface area contributed by atoms with Crippen molar-refractivity contribution >= 4 is 5.97 Å². The quantitative estimate of drug-likeness (QED) is 0.410. The van der Waals surface area contributed by atoms with E-state index in [0.29, 0.717) is 18.1 Å². The standard InChI is InChI=1S/C27H39NO3/c1-8-27(30,20(4)18-28(6)7)24-10-9-11-25(17-24)31-26(29)21(5)23-14-12-22(13-15-23)16-19(2)3/h9-15,17,19-21,30H,8,16,18H2,1-7H3/t20-,21?,27-/m1/s1. The van der Waals surface area contributed by atoms with Crippen molar-refractivity contribution in [2.75, 3.05) is 20.6 Å². The van der Waals surface area contributed by atoms with E-state index >= 15 is 0 Å². The smallest absolute Gasteiger partial charge is 0.318 e. The first kappa shape index (κ1) is 25.1. The first-order valence-corrected chi connectivity index (χ1v) is 11.3. The molecule has 31 heavy (non-hydrogen) atoms. The van der Waals surface area contributed by atoms with Crippen molar-refractivity contribution in [1.82, 2.24) is 4.90 Å². The number of nitrogens with zero attached hydrogens (tertiary/aromatic N) is 1. The molecule has 3 atom stereocenters. The first-order valence-electron chi connectivity index (χ1n) is 11.3. The average molecular weight is 426 g/mol.